The van der Waals surface area contributed by atoms with Crippen LogP contribution in [0.15, 0.2) is 30.3 Å². The van der Waals surface area contributed by atoms with Gasteiger partial charge in [0, 0.05) is 6.54 Å². The van der Waals surface area contributed by atoms with Crippen molar-refractivity contribution in [3.05, 3.63) is 57.3 Å². The lowest BCUT2D eigenvalue weighted by molar-refractivity contribution is 0.0950. The Kier molecular flexibility index (Phi) is 5.69. The highest BCUT2D eigenvalue weighted by Gasteiger charge is 2.14. The quantitative estimate of drug-likeness (QED) is 0.820. The molecule has 0 saturated heterocycles. The number of rotatable bonds is 5. The number of hydrogen-bond acceptors (Lipinski definition) is 3. The highest BCUT2D eigenvalue weighted by Crippen LogP contribution is 2.28. The SMILES string of the molecule is COc1ccc(CNC(=O)c2cc(F)c(Cl)cc2Cl)cc1OC. The van der Waals surface area contributed by atoms with Crippen molar-refractivity contribution in [2.45, 2.75) is 6.54 Å². The molecule has 0 bridgehead atoms. The number of ether oxygens (including phenoxy) is 2. The molecule has 0 radical (unpaired) electrons. The first-order valence-electron chi connectivity index (χ1n) is 6.60. The monoisotopic (exact) mass is 357 g/mol. The number of amides is 1. The van der Waals surface area contributed by atoms with E-state index < -0.39 is 11.7 Å². The predicted octanol–water partition coefficient (Wildman–Crippen LogP) is 4.08. The molecule has 0 heterocycles. The highest BCUT2D eigenvalue weighted by atomic mass is 35.5. The number of carbonyl (C=O) groups is 1. The first-order chi connectivity index (χ1) is 11.0. The van der Waals surface area contributed by atoms with Gasteiger partial charge in [0.2, 0.25) is 0 Å². The van der Waals surface area contributed by atoms with E-state index in [2.05, 4.69) is 5.32 Å². The Labute approximate surface area is 143 Å². The maximum Gasteiger partial charge on any atom is 0.253 e. The van der Waals surface area contributed by atoms with E-state index in [1.807, 2.05) is 0 Å². The van der Waals surface area contributed by atoms with E-state index in [9.17, 15) is 9.18 Å². The second kappa shape index (κ2) is 7.53. The van der Waals surface area contributed by atoms with Gasteiger partial charge < -0.3 is 14.8 Å². The number of nitrogens with one attached hydrogen (secondary N) is 1. The summed E-state index contributed by atoms with van der Waals surface area (Å²) < 4.78 is 23.8. The molecule has 0 aromatic heterocycles. The van der Waals surface area contributed by atoms with Crippen LogP contribution >= 0.6 is 23.2 Å². The van der Waals surface area contributed by atoms with Gasteiger partial charge in [-0.25, -0.2) is 4.39 Å². The molecule has 4 nitrogen and oxygen atoms in total. The summed E-state index contributed by atoms with van der Waals surface area (Å²) in [6, 6.07) is 7.46. The number of hydrogen-bond donors (Lipinski definition) is 1. The lowest BCUT2D eigenvalue weighted by atomic mass is 10.1. The van der Waals surface area contributed by atoms with E-state index in [-0.39, 0.29) is 22.2 Å². The molecule has 2 aromatic rings. The van der Waals surface area contributed by atoms with Crippen LogP contribution in [0.5, 0.6) is 11.5 Å². The topological polar surface area (TPSA) is 47.6 Å². The van der Waals surface area contributed by atoms with Crippen LogP contribution in [0, 0.1) is 5.82 Å². The number of benzene rings is 2. The van der Waals surface area contributed by atoms with Gasteiger partial charge in [0.15, 0.2) is 11.5 Å². The third-order valence-electron chi connectivity index (χ3n) is 3.16. The fourth-order valence-corrected chi connectivity index (χ4v) is 2.43. The molecule has 7 heteroatoms. The Morgan fingerprint density at radius 1 is 1.09 bits per heavy atom. The van der Waals surface area contributed by atoms with Crippen molar-refractivity contribution in [2.24, 2.45) is 0 Å². The third-order valence-corrected chi connectivity index (χ3v) is 3.76. The zero-order valence-electron chi connectivity index (χ0n) is 12.5. The Morgan fingerprint density at radius 3 is 2.43 bits per heavy atom. The van der Waals surface area contributed by atoms with E-state index in [0.717, 1.165) is 11.6 Å². The summed E-state index contributed by atoms with van der Waals surface area (Å²) in [4.78, 5) is 12.1. The van der Waals surface area contributed by atoms with Gasteiger partial charge in [-0.05, 0) is 29.8 Å². The van der Waals surface area contributed by atoms with Crippen LogP contribution in [-0.4, -0.2) is 20.1 Å². The Hall–Kier alpha value is -1.98. The molecule has 0 fully saturated rings. The van der Waals surface area contributed by atoms with Crippen molar-refractivity contribution in [2.75, 3.05) is 14.2 Å². The fraction of sp³-hybridized carbons (Fsp3) is 0.188. The first kappa shape index (κ1) is 17.4. The molecule has 23 heavy (non-hydrogen) atoms. The van der Waals surface area contributed by atoms with Crippen molar-refractivity contribution in [1.29, 1.82) is 0 Å². The van der Waals surface area contributed by atoms with Crippen molar-refractivity contribution < 1.29 is 18.7 Å². The predicted molar refractivity (Wildman–Crippen MR) is 87.1 cm³/mol. The summed E-state index contributed by atoms with van der Waals surface area (Å²) in [5.41, 5.74) is 0.815. The summed E-state index contributed by atoms with van der Waals surface area (Å²) in [6.45, 7) is 0.222. The third kappa shape index (κ3) is 4.06. The highest BCUT2D eigenvalue weighted by molar-refractivity contribution is 6.36. The van der Waals surface area contributed by atoms with Crippen LogP contribution in [0.25, 0.3) is 0 Å². The van der Waals surface area contributed by atoms with Crippen LogP contribution < -0.4 is 14.8 Å². The van der Waals surface area contributed by atoms with Gasteiger partial charge in [0.25, 0.3) is 5.91 Å². The van der Waals surface area contributed by atoms with E-state index in [4.69, 9.17) is 32.7 Å². The molecule has 0 atom stereocenters. The molecule has 0 saturated carbocycles. The van der Waals surface area contributed by atoms with E-state index in [0.29, 0.717) is 11.5 Å². The minimum Gasteiger partial charge on any atom is -0.493 e. The summed E-state index contributed by atoms with van der Waals surface area (Å²) >= 11 is 11.5. The maximum absolute atomic E-state index is 13.5. The Balaban J connectivity index is 2.12. The lowest BCUT2D eigenvalue weighted by Gasteiger charge is -2.11. The molecule has 1 N–H and O–H groups in total. The smallest absolute Gasteiger partial charge is 0.253 e. The average Bonchev–Trinajstić information content (AvgIpc) is 2.55. The number of methoxy groups -OCH3 is 2. The summed E-state index contributed by atoms with van der Waals surface area (Å²) in [7, 11) is 3.06. The van der Waals surface area contributed by atoms with Crippen molar-refractivity contribution in [3.8, 4) is 11.5 Å². The molecule has 0 aliphatic carbocycles. The normalized spacial score (nSPS) is 10.3. The molecule has 0 unspecified atom stereocenters. The summed E-state index contributed by atoms with van der Waals surface area (Å²) in [5, 5.41) is 2.61. The second-order valence-corrected chi connectivity index (χ2v) is 5.43. The van der Waals surface area contributed by atoms with E-state index in [1.54, 1.807) is 18.2 Å². The van der Waals surface area contributed by atoms with Crippen molar-refractivity contribution in [1.82, 2.24) is 5.32 Å². The first-order valence-corrected chi connectivity index (χ1v) is 7.35. The molecule has 2 aromatic carbocycles. The molecule has 2 rings (SSSR count). The van der Waals surface area contributed by atoms with Gasteiger partial charge in [-0.1, -0.05) is 29.3 Å². The number of halogens is 3. The molecule has 1 amide bonds. The van der Waals surface area contributed by atoms with Gasteiger partial charge in [-0.2, -0.15) is 0 Å². The summed E-state index contributed by atoms with van der Waals surface area (Å²) in [5.74, 6) is -0.0621. The van der Waals surface area contributed by atoms with Crippen molar-refractivity contribution in [3.63, 3.8) is 0 Å². The fourth-order valence-electron chi connectivity index (χ4n) is 1.96. The van der Waals surface area contributed by atoms with Gasteiger partial charge in [-0.3, -0.25) is 4.79 Å². The van der Waals surface area contributed by atoms with Gasteiger partial charge >= 0.3 is 0 Å². The van der Waals surface area contributed by atoms with Crippen LogP contribution in [0.4, 0.5) is 4.39 Å². The number of carbonyl (C=O) groups excluding carboxylic acids is 1. The Bertz CT molecular complexity index is 738. The molecule has 0 spiro atoms. The lowest BCUT2D eigenvalue weighted by Crippen LogP contribution is -2.23. The van der Waals surface area contributed by atoms with E-state index in [1.165, 1.54) is 20.3 Å². The summed E-state index contributed by atoms with van der Waals surface area (Å²) in [6.07, 6.45) is 0. The van der Waals surface area contributed by atoms with E-state index >= 15 is 0 Å². The molecular formula is C16H14Cl2FNO3. The average molecular weight is 358 g/mol. The molecule has 0 aliphatic heterocycles. The van der Waals surface area contributed by atoms with Gasteiger partial charge in [0.1, 0.15) is 5.82 Å². The zero-order chi connectivity index (χ0) is 17.0. The largest absolute Gasteiger partial charge is 0.493 e. The van der Waals surface area contributed by atoms with Crippen LogP contribution in [0.2, 0.25) is 10.0 Å². The maximum atomic E-state index is 13.5. The zero-order valence-corrected chi connectivity index (χ0v) is 14.0. The Morgan fingerprint density at radius 2 is 1.78 bits per heavy atom. The van der Waals surface area contributed by atoms with Crippen LogP contribution in [0.1, 0.15) is 15.9 Å². The van der Waals surface area contributed by atoms with Crippen molar-refractivity contribution >= 4 is 29.1 Å². The van der Waals surface area contributed by atoms with Crippen LogP contribution in [0.3, 0.4) is 0 Å². The minimum atomic E-state index is -0.702. The van der Waals surface area contributed by atoms with Gasteiger partial charge in [-0.15, -0.1) is 0 Å². The van der Waals surface area contributed by atoms with Gasteiger partial charge in [0.05, 0.1) is 29.8 Å². The molecular weight excluding hydrogens is 344 g/mol. The molecule has 0 aliphatic rings. The van der Waals surface area contributed by atoms with Crippen LogP contribution in [-0.2, 0) is 6.54 Å². The standard InChI is InChI=1S/C16H14Cl2FNO3/c1-22-14-4-3-9(5-15(14)23-2)8-20-16(21)10-6-13(19)12(18)7-11(10)17/h3-7H,8H2,1-2H3,(H,20,21). The second-order valence-electron chi connectivity index (χ2n) is 4.62. The molecule has 122 valence electrons. The minimum absolute atomic E-state index is 0.0223.